The lowest BCUT2D eigenvalue weighted by Crippen LogP contribution is -2.28. The zero-order valence-electron chi connectivity index (χ0n) is 10.9. The predicted molar refractivity (Wildman–Crippen MR) is 75.5 cm³/mol. The number of benzene rings is 1. The van der Waals surface area contributed by atoms with Gasteiger partial charge in [0.25, 0.3) is 0 Å². The highest BCUT2D eigenvalue weighted by Crippen LogP contribution is 2.12. The Morgan fingerprint density at radius 2 is 2.11 bits per heavy atom. The average molecular weight is 273 g/mol. The van der Waals surface area contributed by atoms with E-state index in [0.717, 1.165) is 12.2 Å². The molecule has 0 heterocycles. The van der Waals surface area contributed by atoms with Crippen molar-refractivity contribution >= 4 is 18.3 Å². The maximum absolute atomic E-state index is 11.3. The number of ether oxygens (including phenoxy) is 1. The maximum atomic E-state index is 11.3. The molecule has 0 aliphatic rings. The lowest BCUT2D eigenvalue weighted by Gasteiger charge is -2.06. The summed E-state index contributed by atoms with van der Waals surface area (Å²) < 4.78 is 5.14. The van der Waals surface area contributed by atoms with E-state index < -0.39 is 0 Å². The Morgan fingerprint density at radius 1 is 1.33 bits per heavy atom. The van der Waals surface area contributed by atoms with Gasteiger partial charge in [-0.05, 0) is 31.2 Å². The van der Waals surface area contributed by atoms with E-state index in [1.165, 1.54) is 5.56 Å². The van der Waals surface area contributed by atoms with Crippen molar-refractivity contribution in [1.29, 1.82) is 0 Å². The van der Waals surface area contributed by atoms with Crippen LogP contribution in [0.4, 0.5) is 0 Å². The number of amides is 1. The molecular weight excluding hydrogens is 252 g/mol. The topological polar surface area (TPSA) is 50.4 Å². The van der Waals surface area contributed by atoms with Crippen LogP contribution in [0.2, 0.25) is 0 Å². The van der Waals surface area contributed by atoms with Crippen LogP contribution in [-0.2, 0) is 11.2 Å². The minimum absolute atomic E-state index is 0. The van der Waals surface area contributed by atoms with E-state index >= 15 is 0 Å². The molecule has 0 radical (unpaired) electrons. The Balaban J connectivity index is 0.00000289. The molecule has 0 spiro atoms. The van der Waals surface area contributed by atoms with Gasteiger partial charge in [-0.15, -0.1) is 12.4 Å². The standard InChI is InChI=1S/C13H20N2O2.ClH/c1-14-8-7-13(16)15-9-6-11-4-3-5-12(10-11)17-2;/h3-5,10,14H,6-9H2,1-2H3,(H,15,16);1H. The number of halogens is 1. The summed E-state index contributed by atoms with van der Waals surface area (Å²) in [5.41, 5.74) is 1.17. The molecule has 0 aliphatic carbocycles. The van der Waals surface area contributed by atoms with Crippen LogP contribution < -0.4 is 15.4 Å². The van der Waals surface area contributed by atoms with Crippen molar-refractivity contribution in [3.05, 3.63) is 29.8 Å². The molecule has 1 aromatic rings. The summed E-state index contributed by atoms with van der Waals surface area (Å²) in [6.07, 6.45) is 1.34. The molecule has 5 heteroatoms. The third-order valence-electron chi connectivity index (χ3n) is 2.47. The molecule has 0 bridgehead atoms. The lowest BCUT2D eigenvalue weighted by atomic mass is 10.1. The molecule has 1 aromatic carbocycles. The first-order chi connectivity index (χ1) is 8.26. The summed E-state index contributed by atoms with van der Waals surface area (Å²) in [6.45, 7) is 1.38. The fraction of sp³-hybridized carbons (Fsp3) is 0.462. The van der Waals surface area contributed by atoms with Gasteiger partial charge in [-0.25, -0.2) is 0 Å². The SMILES string of the molecule is CNCCC(=O)NCCc1cccc(OC)c1.Cl. The predicted octanol–water partition coefficient (Wildman–Crippen LogP) is 1.39. The highest BCUT2D eigenvalue weighted by molar-refractivity contribution is 5.85. The molecular formula is C13H21ClN2O2. The first-order valence-corrected chi connectivity index (χ1v) is 5.80. The molecule has 0 saturated carbocycles. The average Bonchev–Trinajstić information content (AvgIpc) is 2.36. The zero-order valence-corrected chi connectivity index (χ0v) is 11.7. The first-order valence-electron chi connectivity index (χ1n) is 5.80. The number of methoxy groups -OCH3 is 1. The van der Waals surface area contributed by atoms with Gasteiger partial charge in [0.1, 0.15) is 5.75 Å². The molecule has 4 nitrogen and oxygen atoms in total. The minimum Gasteiger partial charge on any atom is -0.497 e. The highest BCUT2D eigenvalue weighted by Gasteiger charge is 2.00. The van der Waals surface area contributed by atoms with E-state index in [-0.39, 0.29) is 18.3 Å². The van der Waals surface area contributed by atoms with Crippen LogP contribution in [0.3, 0.4) is 0 Å². The minimum atomic E-state index is 0. The Hall–Kier alpha value is -1.26. The molecule has 1 rings (SSSR count). The Bertz CT molecular complexity index is 359. The van der Waals surface area contributed by atoms with Crippen LogP contribution >= 0.6 is 12.4 Å². The number of hydrogen-bond donors (Lipinski definition) is 2. The number of carbonyl (C=O) groups excluding carboxylic acids is 1. The van der Waals surface area contributed by atoms with Crippen LogP contribution in [-0.4, -0.2) is 33.2 Å². The number of rotatable bonds is 7. The highest BCUT2D eigenvalue weighted by atomic mass is 35.5. The summed E-state index contributed by atoms with van der Waals surface area (Å²) in [5, 5.41) is 5.83. The normalized spacial score (nSPS) is 9.44. The third kappa shape index (κ3) is 6.47. The second kappa shape index (κ2) is 9.74. The Kier molecular flexibility index (Phi) is 9.06. The second-order valence-electron chi connectivity index (χ2n) is 3.81. The quantitative estimate of drug-likeness (QED) is 0.789. The molecule has 0 aliphatic heterocycles. The lowest BCUT2D eigenvalue weighted by molar-refractivity contribution is -0.120. The van der Waals surface area contributed by atoms with Gasteiger partial charge < -0.3 is 15.4 Å². The fourth-order valence-electron chi connectivity index (χ4n) is 1.50. The molecule has 2 N–H and O–H groups in total. The van der Waals surface area contributed by atoms with Crippen molar-refractivity contribution in [1.82, 2.24) is 10.6 Å². The first kappa shape index (κ1) is 16.7. The van der Waals surface area contributed by atoms with Crippen molar-refractivity contribution in [2.24, 2.45) is 0 Å². The van der Waals surface area contributed by atoms with Crippen molar-refractivity contribution < 1.29 is 9.53 Å². The van der Waals surface area contributed by atoms with Crippen molar-refractivity contribution in [3.63, 3.8) is 0 Å². The fourth-order valence-corrected chi connectivity index (χ4v) is 1.50. The van der Waals surface area contributed by atoms with Crippen LogP contribution in [0.1, 0.15) is 12.0 Å². The van der Waals surface area contributed by atoms with E-state index in [4.69, 9.17) is 4.74 Å². The molecule has 18 heavy (non-hydrogen) atoms. The van der Waals surface area contributed by atoms with Gasteiger partial charge in [-0.3, -0.25) is 4.79 Å². The Morgan fingerprint density at radius 3 is 2.78 bits per heavy atom. The zero-order chi connectivity index (χ0) is 12.5. The molecule has 102 valence electrons. The smallest absolute Gasteiger partial charge is 0.221 e. The number of carbonyl (C=O) groups is 1. The van der Waals surface area contributed by atoms with Gasteiger partial charge in [0, 0.05) is 19.5 Å². The monoisotopic (exact) mass is 272 g/mol. The number of hydrogen-bond acceptors (Lipinski definition) is 3. The summed E-state index contributed by atoms with van der Waals surface area (Å²) in [7, 11) is 3.49. The summed E-state index contributed by atoms with van der Waals surface area (Å²) in [6, 6.07) is 7.88. The summed E-state index contributed by atoms with van der Waals surface area (Å²) in [5.74, 6) is 0.936. The van der Waals surface area contributed by atoms with Crippen molar-refractivity contribution in [2.45, 2.75) is 12.8 Å². The van der Waals surface area contributed by atoms with E-state index in [9.17, 15) is 4.79 Å². The molecule has 1 amide bonds. The van der Waals surface area contributed by atoms with Crippen LogP contribution in [0, 0.1) is 0 Å². The van der Waals surface area contributed by atoms with Gasteiger partial charge in [0.2, 0.25) is 5.91 Å². The van der Waals surface area contributed by atoms with Crippen molar-refractivity contribution in [3.8, 4) is 5.75 Å². The molecule has 0 atom stereocenters. The molecule has 0 unspecified atom stereocenters. The van der Waals surface area contributed by atoms with Gasteiger partial charge in [-0.2, -0.15) is 0 Å². The largest absolute Gasteiger partial charge is 0.497 e. The van der Waals surface area contributed by atoms with Gasteiger partial charge >= 0.3 is 0 Å². The second-order valence-corrected chi connectivity index (χ2v) is 3.81. The van der Waals surface area contributed by atoms with Gasteiger partial charge in [0.15, 0.2) is 0 Å². The van der Waals surface area contributed by atoms with Gasteiger partial charge in [0.05, 0.1) is 7.11 Å². The summed E-state index contributed by atoms with van der Waals surface area (Å²) in [4.78, 5) is 11.3. The van der Waals surface area contributed by atoms with Crippen molar-refractivity contribution in [2.75, 3.05) is 27.2 Å². The maximum Gasteiger partial charge on any atom is 0.221 e. The van der Waals surface area contributed by atoms with Gasteiger partial charge in [-0.1, -0.05) is 12.1 Å². The third-order valence-corrected chi connectivity index (χ3v) is 2.47. The molecule has 0 fully saturated rings. The molecule has 0 saturated heterocycles. The molecule has 0 aromatic heterocycles. The van der Waals surface area contributed by atoms with E-state index in [0.29, 0.717) is 19.5 Å². The van der Waals surface area contributed by atoms with Crippen LogP contribution in [0.15, 0.2) is 24.3 Å². The van der Waals surface area contributed by atoms with Crippen LogP contribution in [0.25, 0.3) is 0 Å². The number of nitrogens with one attached hydrogen (secondary N) is 2. The van der Waals surface area contributed by atoms with E-state index in [1.807, 2.05) is 31.3 Å². The van der Waals surface area contributed by atoms with E-state index in [1.54, 1.807) is 7.11 Å². The van der Waals surface area contributed by atoms with Crippen LogP contribution in [0.5, 0.6) is 5.75 Å². The Labute approximate surface area is 115 Å². The summed E-state index contributed by atoms with van der Waals surface area (Å²) >= 11 is 0. The van der Waals surface area contributed by atoms with E-state index in [2.05, 4.69) is 10.6 Å².